The van der Waals surface area contributed by atoms with E-state index < -0.39 is 38.3 Å². The van der Waals surface area contributed by atoms with Crippen LogP contribution in [0.1, 0.15) is 0 Å². The Morgan fingerprint density at radius 2 is 1.62 bits per heavy atom. The summed E-state index contributed by atoms with van der Waals surface area (Å²) in [5.74, 6) is -3.10. The predicted molar refractivity (Wildman–Crippen MR) is 67.0 cm³/mol. The molecule has 0 saturated heterocycles. The van der Waals surface area contributed by atoms with E-state index in [2.05, 4.69) is 4.98 Å². The predicted octanol–water partition coefficient (Wildman–Crippen LogP) is 1.82. The van der Waals surface area contributed by atoms with Gasteiger partial charge in [-0.3, -0.25) is 0 Å². The third-order valence-corrected chi connectivity index (χ3v) is 6.49. The first kappa shape index (κ1) is 14.2. The van der Waals surface area contributed by atoms with Crippen molar-refractivity contribution in [2.45, 2.75) is 11.4 Å². The third-order valence-electron chi connectivity index (χ3n) is 1.95. The standard InChI is InChI=1S/C9H12AsF3NPS/c1-10(2)5-6(11)8(13)14-9(7(5)12)15(3,4)16/h1-4H3. The Kier molecular flexibility index (Phi) is 4.26. The fourth-order valence-corrected chi connectivity index (χ4v) is 4.77. The Morgan fingerprint density at radius 3 is 2.00 bits per heavy atom. The molecular weight excluding hydrogens is 317 g/mol. The van der Waals surface area contributed by atoms with Crippen molar-refractivity contribution in [3.05, 3.63) is 17.6 Å². The summed E-state index contributed by atoms with van der Waals surface area (Å²) in [4.78, 5) is 3.34. The summed E-state index contributed by atoms with van der Waals surface area (Å²) in [6, 6.07) is -2.21. The normalized spacial score (nSPS) is 12.2. The number of pyridine rings is 1. The molecule has 90 valence electrons. The molecule has 0 aliphatic heterocycles. The fraction of sp³-hybridized carbons (Fsp3) is 0.444. The molecule has 0 amide bonds. The van der Waals surface area contributed by atoms with Gasteiger partial charge in [0.1, 0.15) is 0 Å². The molecule has 0 spiro atoms. The minimum absolute atomic E-state index is 0.0699. The molecule has 0 N–H and O–H groups in total. The molecule has 0 aliphatic rings. The molecule has 0 unspecified atom stereocenters. The van der Waals surface area contributed by atoms with Gasteiger partial charge < -0.3 is 0 Å². The summed E-state index contributed by atoms with van der Waals surface area (Å²) in [7, 11) is 0. The summed E-state index contributed by atoms with van der Waals surface area (Å²) < 4.78 is 40.5. The summed E-state index contributed by atoms with van der Waals surface area (Å²) in [5.41, 5.74) is 3.42. The van der Waals surface area contributed by atoms with Gasteiger partial charge in [0, 0.05) is 0 Å². The van der Waals surface area contributed by atoms with Gasteiger partial charge >= 0.3 is 103 Å². The summed E-state index contributed by atoms with van der Waals surface area (Å²) in [6.07, 6.45) is 0. The number of aromatic nitrogens is 1. The SMILES string of the molecule is C[As](C)c1c(F)c(F)nc(P(C)(C)=S)c1F. The Labute approximate surface area is 103 Å². The summed E-state index contributed by atoms with van der Waals surface area (Å²) in [5, 5.41) is 0. The minimum atomic E-state index is -2.21. The number of rotatable bonds is 2. The van der Waals surface area contributed by atoms with Gasteiger partial charge in [0.05, 0.1) is 0 Å². The number of nitrogens with zero attached hydrogens (tertiary/aromatic N) is 1. The topological polar surface area (TPSA) is 12.9 Å². The van der Waals surface area contributed by atoms with Crippen LogP contribution in [0.2, 0.25) is 11.4 Å². The quantitative estimate of drug-likeness (QED) is 0.466. The van der Waals surface area contributed by atoms with Gasteiger partial charge in [-0.05, 0) is 0 Å². The van der Waals surface area contributed by atoms with Crippen LogP contribution >= 0.6 is 6.04 Å². The molecule has 1 rings (SSSR count). The molecule has 16 heavy (non-hydrogen) atoms. The van der Waals surface area contributed by atoms with E-state index >= 15 is 0 Å². The van der Waals surface area contributed by atoms with Crippen LogP contribution in [0.4, 0.5) is 13.2 Å². The van der Waals surface area contributed by atoms with Crippen LogP contribution in [0.15, 0.2) is 0 Å². The van der Waals surface area contributed by atoms with Crippen LogP contribution in [-0.2, 0) is 11.8 Å². The van der Waals surface area contributed by atoms with E-state index in [-0.39, 0.29) is 9.79 Å². The molecule has 0 aromatic carbocycles. The van der Waals surface area contributed by atoms with Crippen LogP contribution in [0.3, 0.4) is 0 Å². The zero-order valence-corrected chi connectivity index (χ0v) is 13.0. The average molecular weight is 329 g/mol. The van der Waals surface area contributed by atoms with E-state index in [1.54, 1.807) is 24.8 Å². The van der Waals surface area contributed by atoms with E-state index in [9.17, 15) is 13.2 Å². The molecule has 0 aliphatic carbocycles. The molecule has 1 nitrogen and oxygen atoms in total. The van der Waals surface area contributed by atoms with E-state index in [1.807, 2.05) is 0 Å². The van der Waals surface area contributed by atoms with E-state index in [4.69, 9.17) is 11.8 Å². The number of halogens is 3. The van der Waals surface area contributed by atoms with Gasteiger partial charge in [-0.2, -0.15) is 0 Å². The van der Waals surface area contributed by atoms with Crippen LogP contribution < -0.4 is 9.79 Å². The molecule has 0 radical (unpaired) electrons. The molecule has 1 aromatic heterocycles. The van der Waals surface area contributed by atoms with Crippen LogP contribution in [0.25, 0.3) is 0 Å². The molecule has 0 atom stereocenters. The Morgan fingerprint density at radius 1 is 1.12 bits per heavy atom. The van der Waals surface area contributed by atoms with E-state index in [0.717, 1.165) is 0 Å². The number of hydrogen-bond donors (Lipinski definition) is 0. The first-order valence-electron chi connectivity index (χ1n) is 4.43. The summed E-state index contributed by atoms with van der Waals surface area (Å²) in [6.45, 7) is 3.30. The second-order valence-electron chi connectivity index (χ2n) is 3.95. The van der Waals surface area contributed by atoms with Crippen molar-refractivity contribution in [3.63, 3.8) is 0 Å². The van der Waals surface area contributed by atoms with Crippen LogP contribution in [-0.4, -0.2) is 33.0 Å². The van der Waals surface area contributed by atoms with Gasteiger partial charge in [-0.1, -0.05) is 0 Å². The third kappa shape index (κ3) is 2.69. The van der Waals surface area contributed by atoms with Crippen LogP contribution in [0, 0.1) is 17.6 Å². The monoisotopic (exact) mass is 329 g/mol. The van der Waals surface area contributed by atoms with Crippen molar-refractivity contribution >= 4 is 42.3 Å². The van der Waals surface area contributed by atoms with Crippen molar-refractivity contribution in [2.75, 3.05) is 13.3 Å². The first-order valence-corrected chi connectivity index (χ1v) is 12.8. The molecule has 0 fully saturated rings. The second-order valence-corrected chi connectivity index (χ2v) is 14.5. The Hall–Kier alpha value is 0.148. The molecule has 0 saturated carbocycles. The first-order chi connectivity index (χ1) is 7.16. The second kappa shape index (κ2) is 4.79. The van der Waals surface area contributed by atoms with Crippen molar-refractivity contribution in [2.24, 2.45) is 0 Å². The zero-order valence-electron chi connectivity index (χ0n) is 9.38. The van der Waals surface area contributed by atoms with Gasteiger partial charge in [0.25, 0.3) is 0 Å². The van der Waals surface area contributed by atoms with Gasteiger partial charge in [0.2, 0.25) is 0 Å². The van der Waals surface area contributed by atoms with Crippen molar-refractivity contribution < 1.29 is 13.2 Å². The van der Waals surface area contributed by atoms with Crippen LogP contribution in [0.5, 0.6) is 0 Å². The van der Waals surface area contributed by atoms with Gasteiger partial charge in [-0.15, -0.1) is 0 Å². The number of hydrogen-bond acceptors (Lipinski definition) is 2. The van der Waals surface area contributed by atoms with Crippen molar-refractivity contribution in [3.8, 4) is 0 Å². The summed E-state index contributed by atoms with van der Waals surface area (Å²) >= 11 is 3.26. The van der Waals surface area contributed by atoms with E-state index in [0.29, 0.717) is 0 Å². The van der Waals surface area contributed by atoms with Crippen molar-refractivity contribution in [1.29, 1.82) is 0 Å². The van der Waals surface area contributed by atoms with Crippen molar-refractivity contribution in [1.82, 2.24) is 4.98 Å². The molecule has 0 bridgehead atoms. The maximum atomic E-state index is 14.0. The average Bonchev–Trinajstić information content (AvgIpc) is 2.09. The Bertz CT molecular complexity index is 472. The fourth-order valence-electron chi connectivity index (χ4n) is 1.24. The molecule has 1 aromatic rings. The maximum absolute atomic E-state index is 14.0. The zero-order chi connectivity index (χ0) is 12.7. The van der Waals surface area contributed by atoms with Gasteiger partial charge in [-0.25, -0.2) is 0 Å². The van der Waals surface area contributed by atoms with Gasteiger partial charge in [0.15, 0.2) is 0 Å². The molecule has 1 heterocycles. The molecular formula is C9H12AsF3NPS. The molecule has 7 heteroatoms. The Balaban J connectivity index is 3.64. The van der Waals surface area contributed by atoms with E-state index in [1.165, 1.54) is 0 Å².